The Labute approximate surface area is 147 Å². The maximum atomic E-state index is 12.3. The summed E-state index contributed by atoms with van der Waals surface area (Å²) < 4.78 is 27.1. The number of rotatable bonds is 8. The maximum Gasteiger partial charge on any atom is 0.252 e. The summed E-state index contributed by atoms with van der Waals surface area (Å²) in [7, 11) is -3.80. The number of benzene rings is 1. The third kappa shape index (κ3) is 5.95. The fraction of sp³-hybridized carbons (Fsp3) is 0.533. The Morgan fingerprint density at radius 1 is 1.22 bits per heavy atom. The van der Waals surface area contributed by atoms with E-state index in [9.17, 15) is 13.2 Å². The highest BCUT2D eigenvalue weighted by molar-refractivity contribution is 7.89. The second-order valence-electron chi connectivity index (χ2n) is 5.62. The van der Waals surface area contributed by atoms with Crippen molar-refractivity contribution in [2.24, 2.45) is 5.92 Å². The van der Waals surface area contributed by atoms with Crippen LogP contribution in [0, 0.1) is 5.92 Å². The van der Waals surface area contributed by atoms with Crippen LogP contribution >= 0.6 is 23.2 Å². The molecule has 0 fully saturated rings. The van der Waals surface area contributed by atoms with Crippen LogP contribution in [0.2, 0.25) is 10.0 Å². The summed E-state index contributed by atoms with van der Waals surface area (Å²) in [6.45, 7) is 6.56. The summed E-state index contributed by atoms with van der Waals surface area (Å²) in [5.41, 5.74) is 0.0945. The minimum atomic E-state index is -3.80. The zero-order valence-corrected chi connectivity index (χ0v) is 15.8. The fourth-order valence-electron chi connectivity index (χ4n) is 1.74. The SMILES string of the molecule is CCCCNC(=O)c1cc(S(=O)(=O)NCC(C)C)c(Cl)cc1Cl. The summed E-state index contributed by atoms with van der Waals surface area (Å²) in [6, 6.07) is 2.50. The molecule has 0 bridgehead atoms. The summed E-state index contributed by atoms with van der Waals surface area (Å²) in [5, 5.41) is 2.81. The van der Waals surface area contributed by atoms with Crippen LogP contribution < -0.4 is 10.0 Å². The smallest absolute Gasteiger partial charge is 0.252 e. The van der Waals surface area contributed by atoms with Gasteiger partial charge < -0.3 is 5.32 Å². The Kier molecular flexibility index (Phi) is 7.80. The van der Waals surface area contributed by atoms with E-state index in [0.717, 1.165) is 12.8 Å². The van der Waals surface area contributed by atoms with E-state index in [1.54, 1.807) is 0 Å². The molecule has 0 radical (unpaired) electrons. The molecule has 1 aromatic rings. The van der Waals surface area contributed by atoms with E-state index in [0.29, 0.717) is 6.54 Å². The predicted molar refractivity (Wildman–Crippen MR) is 93.7 cm³/mol. The van der Waals surface area contributed by atoms with Crippen molar-refractivity contribution in [3.63, 3.8) is 0 Å². The van der Waals surface area contributed by atoms with Gasteiger partial charge in [0, 0.05) is 13.1 Å². The summed E-state index contributed by atoms with van der Waals surface area (Å²) in [6.07, 6.45) is 1.77. The quantitative estimate of drug-likeness (QED) is 0.678. The maximum absolute atomic E-state index is 12.3. The lowest BCUT2D eigenvalue weighted by Gasteiger charge is -2.13. The lowest BCUT2D eigenvalue weighted by molar-refractivity contribution is 0.0953. The minimum Gasteiger partial charge on any atom is -0.352 e. The number of halogens is 2. The second kappa shape index (κ2) is 8.87. The molecule has 1 amide bonds. The standard InChI is InChI=1S/C15H22Cl2N2O3S/c1-4-5-6-18-15(20)11-7-14(13(17)8-12(11)16)23(21,22)19-9-10(2)3/h7-8,10,19H,4-6,9H2,1-3H3,(H,18,20). The van der Waals surface area contributed by atoms with E-state index in [4.69, 9.17) is 23.2 Å². The second-order valence-corrected chi connectivity index (χ2v) is 8.17. The fourth-order valence-corrected chi connectivity index (χ4v) is 3.81. The van der Waals surface area contributed by atoms with Gasteiger partial charge in [-0.3, -0.25) is 4.79 Å². The highest BCUT2D eigenvalue weighted by Crippen LogP contribution is 2.28. The molecule has 0 atom stereocenters. The van der Waals surface area contributed by atoms with E-state index in [1.807, 2.05) is 20.8 Å². The van der Waals surface area contributed by atoms with Crippen LogP contribution in [-0.4, -0.2) is 27.4 Å². The Bertz CT molecular complexity index is 661. The Morgan fingerprint density at radius 2 is 1.87 bits per heavy atom. The number of sulfonamides is 1. The normalized spacial score (nSPS) is 11.7. The summed E-state index contributed by atoms with van der Waals surface area (Å²) in [5.74, 6) is -0.270. The molecule has 0 aliphatic carbocycles. The Balaban J connectivity index is 3.10. The number of hydrogen-bond acceptors (Lipinski definition) is 3. The van der Waals surface area contributed by atoms with Crippen LogP contribution in [0.5, 0.6) is 0 Å². The molecule has 5 nitrogen and oxygen atoms in total. The zero-order valence-electron chi connectivity index (χ0n) is 13.4. The lowest BCUT2D eigenvalue weighted by atomic mass is 10.2. The van der Waals surface area contributed by atoms with Gasteiger partial charge in [0.2, 0.25) is 10.0 Å². The lowest BCUT2D eigenvalue weighted by Crippen LogP contribution is -2.29. The van der Waals surface area contributed by atoms with Crippen molar-refractivity contribution in [3.05, 3.63) is 27.7 Å². The molecular formula is C15H22Cl2N2O3S. The van der Waals surface area contributed by atoms with Crippen molar-refractivity contribution in [2.45, 2.75) is 38.5 Å². The number of nitrogens with one attached hydrogen (secondary N) is 2. The van der Waals surface area contributed by atoms with Crippen LogP contribution in [-0.2, 0) is 10.0 Å². The summed E-state index contributed by atoms with van der Waals surface area (Å²) in [4.78, 5) is 12.0. The molecule has 0 heterocycles. The van der Waals surface area contributed by atoms with Crippen LogP contribution in [0.25, 0.3) is 0 Å². The van der Waals surface area contributed by atoms with Crippen molar-refractivity contribution in [1.29, 1.82) is 0 Å². The molecule has 0 aliphatic heterocycles. The van der Waals surface area contributed by atoms with Gasteiger partial charge in [0.25, 0.3) is 5.91 Å². The van der Waals surface area contributed by atoms with E-state index in [2.05, 4.69) is 10.0 Å². The van der Waals surface area contributed by atoms with Gasteiger partial charge >= 0.3 is 0 Å². The van der Waals surface area contributed by atoms with Gasteiger partial charge in [-0.1, -0.05) is 50.4 Å². The van der Waals surface area contributed by atoms with Crippen LogP contribution in [0.15, 0.2) is 17.0 Å². The first kappa shape index (κ1) is 20.2. The summed E-state index contributed by atoms with van der Waals surface area (Å²) >= 11 is 12.0. The van der Waals surface area contributed by atoms with Crippen molar-refractivity contribution in [2.75, 3.05) is 13.1 Å². The first-order valence-electron chi connectivity index (χ1n) is 7.46. The topological polar surface area (TPSA) is 75.3 Å². The van der Waals surface area contributed by atoms with Crippen LogP contribution in [0.1, 0.15) is 44.0 Å². The van der Waals surface area contributed by atoms with E-state index in [1.165, 1.54) is 12.1 Å². The van der Waals surface area contributed by atoms with Crippen molar-refractivity contribution < 1.29 is 13.2 Å². The highest BCUT2D eigenvalue weighted by atomic mass is 35.5. The molecular weight excluding hydrogens is 359 g/mol. The Hall–Kier alpha value is -0.820. The van der Waals surface area contributed by atoms with E-state index >= 15 is 0 Å². The number of carbonyl (C=O) groups is 1. The molecule has 0 saturated carbocycles. The molecule has 1 aromatic carbocycles. The average Bonchev–Trinajstić information content (AvgIpc) is 2.45. The minimum absolute atomic E-state index is 0.0173. The molecule has 8 heteroatoms. The Morgan fingerprint density at radius 3 is 2.43 bits per heavy atom. The van der Waals surface area contributed by atoms with Crippen molar-refractivity contribution in [3.8, 4) is 0 Å². The van der Waals surface area contributed by atoms with Gasteiger partial charge in [-0.05, 0) is 24.5 Å². The van der Waals surface area contributed by atoms with Gasteiger partial charge in [-0.25, -0.2) is 13.1 Å². The molecule has 130 valence electrons. The van der Waals surface area contributed by atoms with Crippen molar-refractivity contribution >= 4 is 39.1 Å². The zero-order chi connectivity index (χ0) is 17.6. The van der Waals surface area contributed by atoms with Crippen LogP contribution in [0.4, 0.5) is 0 Å². The van der Waals surface area contributed by atoms with Crippen LogP contribution in [0.3, 0.4) is 0 Å². The number of unbranched alkanes of at least 4 members (excludes halogenated alkanes) is 1. The van der Waals surface area contributed by atoms with E-state index < -0.39 is 15.9 Å². The first-order valence-corrected chi connectivity index (χ1v) is 9.69. The molecule has 1 rings (SSSR count). The predicted octanol–water partition coefficient (Wildman–Crippen LogP) is 3.46. The third-order valence-corrected chi connectivity index (χ3v) is 5.25. The molecule has 0 unspecified atom stereocenters. The third-order valence-electron chi connectivity index (χ3n) is 3.05. The molecule has 0 saturated heterocycles. The number of hydrogen-bond donors (Lipinski definition) is 2. The van der Waals surface area contributed by atoms with Gasteiger partial charge in [0.1, 0.15) is 4.90 Å². The molecule has 2 N–H and O–H groups in total. The van der Waals surface area contributed by atoms with E-state index in [-0.39, 0.29) is 33.0 Å². The number of carbonyl (C=O) groups excluding carboxylic acids is 1. The van der Waals surface area contributed by atoms with Gasteiger partial charge in [-0.2, -0.15) is 0 Å². The average molecular weight is 381 g/mol. The van der Waals surface area contributed by atoms with Crippen molar-refractivity contribution in [1.82, 2.24) is 10.0 Å². The molecule has 0 aromatic heterocycles. The van der Waals surface area contributed by atoms with Gasteiger partial charge in [0.05, 0.1) is 15.6 Å². The first-order chi connectivity index (χ1) is 10.7. The molecule has 0 aliphatic rings. The monoisotopic (exact) mass is 380 g/mol. The largest absolute Gasteiger partial charge is 0.352 e. The highest BCUT2D eigenvalue weighted by Gasteiger charge is 2.22. The molecule has 0 spiro atoms. The molecule has 23 heavy (non-hydrogen) atoms. The van der Waals surface area contributed by atoms with Gasteiger partial charge in [-0.15, -0.1) is 0 Å². The van der Waals surface area contributed by atoms with Gasteiger partial charge in [0.15, 0.2) is 0 Å². The number of amides is 1.